The number of rotatable bonds is 8. The predicted molar refractivity (Wildman–Crippen MR) is 150 cm³/mol. The van der Waals surface area contributed by atoms with Crippen LogP contribution in [-0.2, 0) is 9.59 Å². The van der Waals surface area contributed by atoms with Crippen molar-refractivity contribution < 1.29 is 9.59 Å². The maximum absolute atomic E-state index is 12.0. The molecule has 4 nitrogen and oxygen atoms in total. The van der Waals surface area contributed by atoms with Crippen molar-refractivity contribution in [1.82, 2.24) is 10.2 Å². The zero-order valence-corrected chi connectivity index (χ0v) is 24.0. The number of terminal acetylenes is 1. The lowest BCUT2D eigenvalue weighted by molar-refractivity contribution is -0.124. The van der Waals surface area contributed by atoms with E-state index < -0.39 is 0 Å². The summed E-state index contributed by atoms with van der Waals surface area (Å²) in [6, 6.07) is 0. The van der Waals surface area contributed by atoms with Gasteiger partial charge in [-0.15, -0.1) is 12.8 Å². The van der Waals surface area contributed by atoms with Gasteiger partial charge in [0.15, 0.2) is 0 Å². The second-order valence-electron chi connectivity index (χ2n) is 9.98. The van der Waals surface area contributed by atoms with Crippen molar-refractivity contribution in [2.24, 2.45) is 23.7 Å². The van der Waals surface area contributed by atoms with E-state index in [4.69, 9.17) is 0 Å². The first-order chi connectivity index (χ1) is 16.1. The molecule has 2 unspecified atom stereocenters. The fourth-order valence-corrected chi connectivity index (χ4v) is 3.93. The van der Waals surface area contributed by atoms with Crippen molar-refractivity contribution in [3.8, 4) is 12.8 Å². The topological polar surface area (TPSA) is 49.4 Å². The number of amides is 1. The number of nitrogens with zero attached hydrogens (tertiary/aromatic N) is 1. The SMILES string of the molecule is C#C.C/C=C(C)/C(Br)=C\C=C/CCC.CCC(C)(C)NC(=O)C1C2CN(C)CC21.O=CC1CC1. The van der Waals surface area contributed by atoms with Gasteiger partial charge in [-0.3, -0.25) is 4.79 Å². The van der Waals surface area contributed by atoms with Gasteiger partial charge in [0.25, 0.3) is 0 Å². The molecule has 0 aromatic carbocycles. The van der Waals surface area contributed by atoms with E-state index in [1.807, 2.05) is 6.92 Å². The van der Waals surface area contributed by atoms with E-state index in [9.17, 15) is 9.59 Å². The van der Waals surface area contributed by atoms with Crippen LogP contribution in [0.25, 0.3) is 0 Å². The molecule has 1 heterocycles. The van der Waals surface area contributed by atoms with E-state index in [-0.39, 0.29) is 11.4 Å². The van der Waals surface area contributed by atoms with E-state index >= 15 is 0 Å². The average molecular weight is 536 g/mol. The van der Waals surface area contributed by atoms with Gasteiger partial charge in [0.05, 0.1) is 0 Å². The van der Waals surface area contributed by atoms with Crippen LogP contribution in [0.15, 0.2) is 34.4 Å². The van der Waals surface area contributed by atoms with Crippen molar-refractivity contribution in [2.75, 3.05) is 20.1 Å². The molecule has 192 valence electrons. The summed E-state index contributed by atoms with van der Waals surface area (Å²) < 4.78 is 1.16. The number of piperidine rings is 1. The minimum Gasteiger partial charge on any atom is -0.351 e. The van der Waals surface area contributed by atoms with Gasteiger partial charge in [0.2, 0.25) is 5.91 Å². The Morgan fingerprint density at radius 3 is 2.12 bits per heavy atom. The maximum atomic E-state index is 12.0. The lowest BCUT2D eigenvalue weighted by Crippen LogP contribution is -2.44. The number of unbranched alkanes of at least 4 members (excludes halogenated alkanes) is 1. The molecule has 0 aromatic rings. The van der Waals surface area contributed by atoms with E-state index in [0.717, 1.165) is 49.5 Å². The summed E-state index contributed by atoms with van der Waals surface area (Å²) in [5.74, 6) is 2.33. The summed E-state index contributed by atoms with van der Waals surface area (Å²) in [5.41, 5.74) is 1.23. The van der Waals surface area contributed by atoms with Gasteiger partial charge in [-0.2, -0.15) is 0 Å². The third-order valence-corrected chi connectivity index (χ3v) is 7.37. The number of hydrogen-bond acceptors (Lipinski definition) is 3. The Kier molecular flexibility index (Phi) is 16.1. The monoisotopic (exact) mass is 534 g/mol. The third kappa shape index (κ3) is 12.7. The fraction of sp³-hybridized carbons (Fsp3) is 0.655. The van der Waals surface area contributed by atoms with Crippen LogP contribution in [0.4, 0.5) is 0 Å². The molecule has 0 bridgehead atoms. The Labute approximate surface area is 217 Å². The smallest absolute Gasteiger partial charge is 0.224 e. The number of hydrogen-bond donors (Lipinski definition) is 1. The molecule has 5 heteroatoms. The van der Waals surface area contributed by atoms with Crippen molar-refractivity contribution in [3.63, 3.8) is 0 Å². The average Bonchev–Trinajstić information content (AvgIpc) is 3.74. The molecule has 3 aliphatic rings. The van der Waals surface area contributed by atoms with Crippen LogP contribution >= 0.6 is 15.9 Å². The number of carbonyl (C=O) groups is 2. The Balaban J connectivity index is 0.000000510. The number of fused-ring (bicyclic) bond motifs is 1. The third-order valence-electron chi connectivity index (χ3n) is 6.48. The van der Waals surface area contributed by atoms with Gasteiger partial charge in [-0.05, 0) is 83.9 Å². The summed E-state index contributed by atoms with van der Waals surface area (Å²) >= 11 is 3.50. The summed E-state index contributed by atoms with van der Waals surface area (Å²) in [5, 5.41) is 3.15. The summed E-state index contributed by atoms with van der Waals surface area (Å²) in [6.07, 6.45) is 23.1. The van der Waals surface area contributed by atoms with Gasteiger partial charge < -0.3 is 15.0 Å². The second-order valence-corrected chi connectivity index (χ2v) is 10.8. The van der Waals surface area contributed by atoms with Gasteiger partial charge >= 0.3 is 0 Å². The molecule has 2 saturated carbocycles. The van der Waals surface area contributed by atoms with Crippen LogP contribution < -0.4 is 5.32 Å². The van der Waals surface area contributed by atoms with Crippen LogP contribution in [0, 0.1) is 36.5 Å². The molecule has 34 heavy (non-hydrogen) atoms. The normalized spacial score (nSPS) is 23.9. The highest BCUT2D eigenvalue weighted by Crippen LogP contribution is 2.51. The van der Waals surface area contributed by atoms with Crippen molar-refractivity contribution in [1.29, 1.82) is 0 Å². The summed E-state index contributed by atoms with van der Waals surface area (Å²) in [7, 11) is 2.14. The van der Waals surface area contributed by atoms with Crippen LogP contribution in [0.1, 0.15) is 73.6 Å². The van der Waals surface area contributed by atoms with Crippen molar-refractivity contribution >= 4 is 28.1 Å². The van der Waals surface area contributed by atoms with Crippen LogP contribution in [0.3, 0.4) is 0 Å². The molecule has 1 saturated heterocycles. The van der Waals surface area contributed by atoms with Gasteiger partial charge in [-0.25, -0.2) is 0 Å². The molecule has 0 radical (unpaired) electrons. The zero-order valence-electron chi connectivity index (χ0n) is 22.4. The first kappa shape index (κ1) is 32.4. The van der Waals surface area contributed by atoms with E-state index in [1.165, 1.54) is 12.0 Å². The molecule has 1 N–H and O–H groups in total. The highest BCUT2D eigenvalue weighted by atomic mass is 79.9. The molecule has 1 amide bonds. The summed E-state index contributed by atoms with van der Waals surface area (Å²) in [6.45, 7) is 14.8. The first-order valence-corrected chi connectivity index (χ1v) is 13.3. The standard InChI is InChI=1S/C12H22N2O.C11H17Br.C4H6O.C2H2/c1-5-12(2,3)13-11(15)10-8-6-14(4)7-9(8)10;1-4-6-7-8-9-11(12)10(3)5-2;5-3-4-1-2-4;1-2/h8-10H,5-7H2,1-4H3,(H,13,15);5,7-9H,4,6H2,1-3H3;3-4H,1-2H2;1-2H/b;8-7-,10-5+,11-9+;;. The van der Waals surface area contributed by atoms with E-state index in [1.54, 1.807) is 0 Å². The van der Waals surface area contributed by atoms with Crippen molar-refractivity contribution in [3.05, 3.63) is 34.4 Å². The lowest BCUT2D eigenvalue weighted by Gasteiger charge is -2.25. The van der Waals surface area contributed by atoms with Crippen LogP contribution in [0.5, 0.6) is 0 Å². The molecule has 3 rings (SSSR count). The quantitative estimate of drug-likeness (QED) is 0.218. The predicted octanol–water partition coefficient (Wildman–Crippen LogP) is 6.53. The van der Waals surface area contributed by atoms with Crippen molar-refractivity contribution in [2.45, 2.75) is 79.2 Å². The van der Waals surface area contributed by atoms with E-state index in [0.29, 0.717) is 23.7 Å². The number of likely N-dealkylation sites (tertiary alicyclic amines) is 1. The Morgan fingerprint density at radius 2 is 1.74 bits per heavy atom. The Morgan fingerprint density at radius 1 is 1.18 bits per heavy atom. The van der Waals surface area contributed by atoms with E-state index in [2.05, 4.69) is 105 Å². The number of aldehydes is 1. The highest BCUT2D eigenvalue weighted by Gasteiger charge is 2.58. The van der Waals surface area contributed by atoms with Gasteiger partial charge in [0, 0.05) is 34.9 Å². The Hall–Kier alpha value is -1.64. The fourth-order valence-electron chi connectivity index (χ4n) is 3.55. The number of carbonyl (C=O) groups excluding carboxylic acids is 2. The minimum atomic E-state index is -0.0418. The molecule has 0 aromatic heterocycles. The summed E-state index contributed by atoms with van der Waals surface area (Å²) in [4.78, 5) is 23.9. The van der Waals surface area contributed by atoms with Gasteiger partial charge in [-0.1, -0.05) is 54.4 Å². The molecule has 0 spiro atoms. The van der Waals surface area contributed by atoms with Gasteiger partial charge in [0.1, 0.15) is 6.29 Å². The number of halogens is 1. The largest absolute Gasteiger partial charge is 0.351 e. The highest BCUT2D eigenvalue weighted by molar-refractivity contribution is 9.12. The Bertz CT molecular complexity index is 720. The minimum absolute atomic E-state index is 0.0418. The second kappa shape index (κ2) is 16.9. The molecule has 1 aliphatic heterocycles. The van der Waals surface area contributed by atoms with Crippen LogP contribution in [0.2, 0.25) is 0 Å². The maximum Gasteiger partial charge on any atom is 0.224 e. The zero-order chi connectivity index (χ0) is 26.3. The molecular formula is C29H47BrN2O2. The first-order valence-electron chi connectivity index (χ1n) is 12.5. The molecule has 2 atom stereocenters. The molecular weight excluding hydrogens is 488 g/mol. The molecule has 3 fully saturated rings. The molecule has 2 aliphatic carbocycles. The number of nitrogens with one attached hydrogen (secondary N) is 1. The lowest BCUT2D eigenvalue weighted by atomic mass is 10.0. The van der Waals surface area contributed by atoms with Crippen LogP contribution in [-0.4, -0.2) is 42.8 Å². The number of allylic oxidation sites excluding steroid dienone is 6.